The molecule has 3 heterocycles. The van der Waals surface area contributed by atoms with Crippen molar-refractivity contribution in [1.82, 2.24) is 0 Å². The number of aliphatic hydroxyl groups is 1. The zero-order chi connectivity index (χ0) is 16.4. The van der Waals surface area contributed by atoms with Crippen LogP contribution in [0.3, 0.4) is 0 Å². The van der Waals surface area contributed by atoms with Gasteiger partial charge in [-0.05, 0) is 6.07 Å². The molecule has 0 spiro atoms. The number of carbonyl (C=O) groups excluding carboxylic acids is 2. The number of nitro groups is 1. The predicted molar refractivity (Wildman–Crippen MR) is 76.4 cm³/mol. The predicted octanol–water partition coefficient (Wildman–Crippen LogP) is 0.400. The molecule has 4 atom stereocenters. The van der Waals surface area contributed by atoms with Crippen LogP contribution in [0.25, 0.3) is 0 Å². The first-order chi connectivity index (χ1) is 11.0. The van der Waals surface area contributed by atoms with Crippen molar-refractivity contribution in [3.05, 3.63) is 46.5 Å². The van der Waals surface area contributed by atoms with Crippen molar-refractivity contribution in [1.29, 1.82) is 0 Å². The summed E-state index contributed by atoms with van der Waals surface area (Å²) in [5.74, 6) is -2.71. The van der Waals surface area contributed by atoms with Gasteiger partial charge in [0.1, 0.15) is 11.3 Å². The highest BCUT2D eigenvalue weighted by Gasteiger charge is 2.68. The normalized spacial score (nSPS) is 34.3. The summed E-state index contributed by atoms with van der Waals surface area (Å²) in [6.45, 7) is -0.426. The van der Waals surface area contributed by atoms with Gasteiger partial charge in [-0.2, -0.15) is 0 Å². The lowest BCUT2D eigenvalue weighted by atomic mass is 9.77. The van der Waals surface area contributed by atoms with Gasteiger partial charge in [0.2, 0.25) is 11.8 Å². The second kappa shape index (κ2) is 4.46. The van der Waals surface area contributed by atoms with Gasteiger partial charge in [0.15, 0.2) is 0 Å². The molecule has 23 heavy (non-hydrogen) atoms. The summed E-state index contributed by atoms with van der Waals surface area (Å²) in [6, 6.07) is 5.62. The Balaban J connectivity index is 1.82. The topological polar surface area (TPSA) is 110 Å². The Kier molecular flexibility index (Phi) is 2.72. The monoisotopic (exact) mass is 316 g/mol. The molecule has 0 radical (unpaired) electrons. The van der Waals surface area contributed by atoms with Crippen LogP contribution in [0.4, 0.5) is 11.4 Å². The lowest BCUT2D eigenvalue weighted by Gasteiger charge is -2.26. The molecule has 0 aromatic heterocycles. The quantitative estimate of drug-likeness (QED) is 0.374. The van der Waals surface area contributed by atoms with E-state index in [0.29, 0.717) is 0 Å². The molecule has 3 aliphatic heterocycles. The van der Waals surface area contributed by atoms with Gasteiger partial charge in [-0.15, -0.1) is 0 Å². The molecule has 2 amide bonds. The number of anilines is 1. The Morgan fingerprint density at radius 2 is 2.04 bits per heavy atom. The fraction of sp³-hybridized carbons (Fsp3) is 0.333. The van der Waals surface area contributed by atoms with Crippen LogP contribution < -0.4 is 4.90 Å². The standard InChI is InChI=1S/C15H12N2O6/c18-7-15-6-5-10(23-15)11-12(15)14(20)16(13(11)19)8-3-1-2-4-9(8)17(21)22/h1-6,10-12,18H,7H2/t10-,11+,12-,15-/m0/s1. The summed E-state index contributed by atoms with van der Waals surface area (Å²) in [7, 11) is 0. The minimum Gasteiger partial charge on any atom is -0.393 e. The van der Waals surface area contributed by atoms with Crippen LogP contribution in [-0.2, 0) is 14.3 Å². The van der Waals surface area contributed by atoms with Gasteiger partial charge in [-0.3, -0.25) is 19.7 Å². The van der Waals surface area contributed by atoms with Crippen LogP contribution in [0.1, 0.15) is 0 Å². The molecule has 8 nitrogen and oxygen atoms in total. The minimum absolute atomic E-state index is 0.0469. The third kappa shape index (κ3) is 1.61. The zero-order valence-corrected chi connectivity index (χ0v) is 11.8. The number of benzene rings is 1. The van der Waals surface area contributed by atoms with Crippen LogP contribution in [0.5, 0.6) is 0 Å². The van der Waals surface area contributed by atoms with Gasteiger partial charge in [0.05, 0.1) is 29.5 Å². The van der Waals surface area contributed by atoms with Crippen molar-refractivity contribution in [2.45, 2.75) is 11.7 Å². The van der Waals surface area contributed by atoms with E-state index in [4.69, 9.17) is 4.74 Å². The number of aliphatic hydroxyl groups excluding tert-OH is 1. The van der Waals surface area contributed by atoms with Crippen LogP contribution in [0.2, 0.25) is 0 Å². The van der Waals surface area contributed by atoms with Crippen molar-refractivity contribution in [3.63, 3.8) is 0 Å². The maximum absolute atomic E-state index is 12.8. The summed E-state index contributed by atoms with van der Waals surface area (Å²) in [5.41, 5.74) is -1.57. The van der Waals surface area contributed by atoms with Gasteiger partial charge < -0.3 is 9.84 Å². The number of hydrogen-bond acceptors (Lipinski definition) is 6. The molecule has 8 heteroatoms. The Morgan fingerprint density at radius 1 is 1.30 bits per heavy atom. The number of para-hydroxylation sites is 2. The van der Waals surface area contributed by atoms with E-state index in [1.54, 1.807) is 12.2 Å². The number of imide groups is 1. The number of ether oxygens (including phenoxy) is 1. The Hall–Kier alpha value is -2.58. The van der Waals surface area contributed by atoms with Crippen LogP contribution in [-0.4, -0.2) is 40.2 Å². The number of carbonyl (C=O) groups is 2. The van der Waals surface area contributed by atoms with E-state index in [0.717, 1.165) is 4.90 Å². The van der Waals surface area contributed by atoms with Crippen molar-refractivity contribution in [2.75, 3.05) is 11.5 Å². The highest BCUT2D eigenvalue weighted by atomic mass is 16.6. The number of amides is 2. The first-order valence-electron chi connectivity index (χ1n) is 7.09. The molecule has 0 saturated carbocycles. The second-order valence-electron chi connectivity index (χ2n) is 5.82. The Labute approximate surface area is 130 Å². The maximum Gasteiger partial charge on any atom is 0.293 e. The van der Waals surface area contributed by atoms with Crippen molar-refractivity contribution in [2.24, 2.45) is 11.8 Å². The average Bonchev–Trinajstić information content (AvgIpc) is 3.18. The van der Waals surface area contributed by atoms with Crippen LogP contribution in [0, 0.1) is 22.0 Å². The summed E-state index contributed by atoms with van der Waals surface area (Å²) >= 11 is 0. The number of rotatable bonds is 3. The van der Waals surface area contributed by atoms with E-state index in [-0.39, 0.29) is 11.4 Å². The van der Waals surface area contributed by atoms with Crippen molar-refractivity contribution in [3.8, 4) is 0 Å². The van der Waals surface area contributed by atoms with Gasteiger partial charge in [-0.1, -0.05) is 24.3 Å². The summed E-state index contributed by atoms with van der Waals surface area (Å²) in [6.07, 6.45) is 2.68. The lowest BCUT2D eigenvalue weighted by molar-refractivity contribution is -0.384. The third-order valence-electron chi connectivity index (χ3n) is 4.72. The van der Waals surface area contributed by atoms with Crippen molar-refractivity contribution >= 4 is 23.2 Å². The van der Waals surface area contributed by atoms with Crippen molar-refractivity contribution < 1.29 is 24.4 Å². The number of hydrogen-bond donors (Lipinski definition) is 1. The van der Waals surface area contributed by atoms with E-state index in [1.807, 2.05) is 0 Å². The molecule has 2 fully saturated rings. The van der Waals surface area contributed by atoms with Gasteiger partial charge in [-0.25, -0.2) is 4.90 Å². The first kappa shape index (κ1) is 14.0. The van der Waals surface area contributed by atoms with E-state index >= 15 is 0 Å². The Bertz CT molecular complexity index is 775. The fourth-order valence-corrected chi connectivity index (χ4v) is 3.73. The van der Waals surface area contributed by atoms with Gasteiger partial charge in [0, 0.05) is 6.07 Å². The van der Waals surface area contributed by atoms with Crippen LogP contribution >= 0.6 is 0 Å². The minimum atomic E-state index is -1.21. The molecule has 4 rings (SSSR count). The number of fused-ring (bicyclic) bond motifs is 5. The highest BCUT2D eigenvalue weighted by molar-refractivity contribution is 6.24. The van der Waals surface area contributed by atoms with Crippen LogP contribution in [0.15, 0.2) is 36.4 Å². The summed E-state index contributed by atoms with van der Waals surface area (Å²) < 4.78 is 5.62. The molecule has 0 aliphatic carbocycles. The average molecular weight is 316 g/mol. The smallest absolute Gasteiger partial charge is 0.293 e. The second-order valence-corrected chi connectivity index (χ2v) is 5.82. The molecule has 2 bridgehead atoms. The van der Waals surface area contributed by atoms with Gasteiger partial charge >= 0.3 is 0 Å². The molecule has 118 valence electrons. The van der Waals surface area contributed by atoms with E-state index in [2.05, 4.69) is 0 Å². The molecule has 2 saturated heterocycles. The number of nitro benzene ring substituents is 1. The molecule has 3 aliphatic rings. The molecular weight excluding hydrogens is 304 g/mol. The summed E-state index contributed by atoms with van der Waals surface area (Å²) in [4.78, 5) is 36.9. The van der Waals surface area contributed by atoms with E-state index in [9.17, 15) is 24.8 Å². The molecular formula is C15H12N2O6. The van der Waals surface area contributed by atoms with E-state index < -0.39 is 46.9 Å². The largest absolute Gasteiger partial charge is 0.393 e. The first-order valence-corrected chi connectivity index (χ1v) is 7.09. The molecule has 0 unspecified atom stereocenters. The third-order valence-corrected chi connectivity index (χ3v) is 4.72. The zero-order valence-electron chi connectivity index (χ0n) is 11.8. The summed E-state index contributed by atoms with van der Waals surface area (Å²) in [5, 5.41) is 20.8. The highest BCUT2D eigenvalue weighted by Crippen LogP contribution is 2.52. The fourth-order valence-electron chi connectivity index (χ4n) is 3.73. The Morgan fingerprint density at radius 3 is 2.74 bits per heavy atom. The maximum atomic E-state index is 12.8. The molecule has 1 N–H and O–H groups in total. The number of nitrogens with zero attached hydrogens (tertiary/aromatic N) is 2. The SMILES string of the molecule is O=C1[C@@H]2[C@@H]3C=C[C@@](CO)(O3)[C@@H]2C(=O)N1c1ccccc1[N+](=O)[O-]. The van der Waals surface area contributed by atoms with Gasteiger partial charge in [0.25, 0.3) is 5.69 Å². The molecule has 1 aromatic rings. The van der Waals surface area contributed by atoms with E-state index in [1.165, 1.54) is 24.3 Å². The lowest BCUT2D eigenvalue weighted by Crippen LogP contribution is -2.43. The molecule has 1 aromatic carbocycles.